The molecule has 0 bridgehead atoms. The maximum atomic E-state index is 5.08. The number of H-pyrrole nitrogens is 1. The second-order valence-corrected chi connectivity index (χ2v) is 5.97. The van der Waals surface area contributed by atoms with Gasteiger partial charge in [0.05, 0.1) is 18.4 Å². The van der Waals surface area contributed by atoms with Gasteiger partial charge in [-0.05, 0) is 23.1 Å². The van der Waals surface area contributed by atoms with Crippen molar-refractivity contribution in [2.75, 3.05) is 7.11 Å². The summed E-state index contributed by atoms with van der Waals surface area (Å²) in [7, 11) is 1.61. The molecule has 6 nitrogen and oxygen atoms in total. The highest BCUT2D eigenvalue weighted by Gasteiger charge is 2.16. The van der Waals surface area contributed by atoms with Crippen LogP contribution in [-0.4, -0.2) is 27.4 Å². The molecule has 0 amide bonds. The fraction of sp³-hybridized carbons (Fsp3) is 0.125. The number of ether oxygens (including phenoxy) is 1. The highest BCUT2D eigenvalue weighted by Crippen LogP contribution is 2.21. The molecule has 4 heterocycles. The van der Waals surface area contributed by atoms with Crippen LogP contribution in [0.5, 0.6) is 5.88 Å². The fourth-order valence-electron chi connectivity index (χ4n) is 2.37. The van der Waals surface area contributed by atoms with E-state index >= 15 is 0 Å². The second kappa shape index (κ2) is 5.77. The van der Waals surface area contributed by atoms with E-state index < -0.39 is 0 Å². The Kier molecular flexibility index (Phi) is 3.47. The number of rotatable bonds is 4. The van der Waals surface area contributed by atoms with Crippen molar-refractivity contribution in [3.8, 4) is 16.5 Å². The zero-order chi connectivity index (χ0) is 15.6. The molecule has 0 saturated heterocycles. The van der Waals surface area contributed by atoms with Gasteiger partial charge in [-0.25, -0.2) is 4.98 Å². The van der Waals surface area contributed by atoms with Gasteiger partial charge in [0, 0.05) is 23.4 Å². The number of aromatic nitrogens is 5. The molecular weight excluding hydrogens is 310 g/mol. The standard InChI is InChI=1S/C16H13N5OS/c1-22-16-7-4-11(10-17-16)9-15-19-18-14-6-5-12(20-21(14)15)13-3-2-8-23-13/h2-8,10H,9H2,1H3/p+1. The molecule has 0 spiro atoms. The highest BCUT2D eigenvalue weighted by atomic mass is 32.1. The van der Waals surface area contributed by atoms with Crippen LogP contribution in [0, 0.1) is 0 Å². The molecule has 4 aromatic rings. The van der Waals surface area contributed by atoms with E-state index in [0.717, 1.165) is 27.6 Å². The third kappa shape index (κ3) is 2.66. The smallest absolute Gasteiger partial charge is 0.325 e. The van der Waals surface area contributed by atoms with Crippen LogP contribution >= 0.6 is 11.3 Å². The number of pyridine rings is 1. The van der Waals surface area contributed by atoms with Crippen molar-refractivity contribution in [2.45, 2.75) is 6.42 Å². The molecule has 0 fully saturated rings. The maximum Gasteiger partial charge on any atom is 0.325 e. The van der Waals surface area contributed by atoms with Crippen molar-refractivity contribution in [3.63, 3.8) is 0 Å². The van der Waals surface area contributed by atoms with Gasteiger partial charge in [0.2, 0.25) is 5.88 Å². The van der Waals surface area contributed by atoms with E-state index in [-0.39, 0.29) is 0 Å². The Morgan fingerprint density at radius 2 is 2.17 bits per heavy atom. The van der Waals surface area contributed by atoms with E-state index in [1.54, 1.807) is 24.6 Å². The first-order valence-electron chi connectivity index (χ1n) is 7.12. The highest BCUT2D eigenvalue weighted by molar-refractivity contribution is 7.13. The van der Waals surface area contributed by atoms with E-state index in [1.165, 1.54) is 0 Å². The van der Waals surface area contributed by atoms with E-state index in [0.29, 0.717) is 12.3 Å². The van der Waals surface area contributed by atoms with Gasteiger partial charge in [0.1, 0.15) is 5.69 Å². The summed E-state index contributed by atoms with van der Waals surface area (Å²) in [6.07, 6.45) is 2.47. The molecule has 0 aromatic carbocycles. The topological polar surface area (TPSA) is 67.8 Å². The van der Waals surface area contributed by atoms with Crippen molar-refractivity contribution >= 4 is 17.0 Å². The molecule has 0 atom stereocenters. The van der Waals surface area contributed by atoms with Crippen molar-refractivity contribution in [1.82, 2.24) is 20.3 Å². The Hall–Kier alpha value is -2.80. The van der Waals surface area contributed by atoms with Gasteiger partial charge in [0.15, 0.2) is 0 Å². The predicted octanol–water partition coefficient (Wildman–Crippen LogP) is 2.27. The monoisotopic (exact) mass is 324 g/mol. The molecule has 7 heteroatoms. The SMILES string of the molecule is COc1ccc(Cc2[nH]nc3ccc(-c4cccs4)n[n+]23)cn1. The Morgan fingerprint density at radius 1 is 1.22 bits per heavy atom. The minimum atomic E-state index is 0.606. The number of nitrogens with zero attached hydrogens (tertiary/aromatic N) is 4. The lowest BCUT2D eigenvalue weighted by Crippen LogP contribution is -2.30. The summed E-state index contributed by atoms with van der Waals surface area (Å²) in [5.41, 5.74) is 2.79. The number of fused-ring (bicyclic) bond motifs is 1. The summed E-state index contributed by atoms with van der Waals surface area (Å²) in [6.45, 7) is 0. The zero-order valence-electron chi connectivity index (χ0n) is 12.4. The molecular formula is C16H14N5OS+. The number of methoxy groups -OCH3 is 1. The molecule has 0 aliphatic carbocycles. The molecule has 4 rings (SSSR count). The van der Waals surface area contributed by atoms with Crippen molar-refractivity contribution in [1.29, 1.82) is 0 Å². The van der Waals surface area contributed by atoms with Crippen molar-refractivity contribution < 1.29 is 9.25 Å². The van der Waals surface area contributed by atoms with Crippen LogP contribution in [-0.2, 0) is 6.42 Å². The summed E-state index contributed by atoms with van der Waals surface area (Å²) in [5, 5.41) is 14.1. The Morgan fingerprint density at radius 3 is 2.91 bits per heavy atom. The zero-order valence-corrected chi connectivity index (χ0v) is 13.2. The summed E-state index contributed by atoms with van der Waals surface area (Å²) in [4.78, 5) is 5.37. The number of thiophene rings is 1. The average molecular weight is 324 g/mol. The Labute approximate surface area is 136 Å². The van der Waals surface area contributed by atoms with Crippen LogP contribution in [0.4, 0.5) is 0 Å². The van der Waals surface area contributed by atoms with Gasteiger partial charge >= 0.3 is 5.65 Å². The van der Waals surface area contributed by atoms with Crippen molar-refractivity contribution in [3.05, 3.63) is 59.4 Å². The summed E-state index contributed by atoms with van der Waals surface area (Å²) in [6, 6.07) is 11.9. The first kappa shape index (κ1) is 13.8. The quantitative estimate of drug-likeness (QED) is 0.585. The molecule has 0 saturated carbocycles. The number of hydrogen-bond donors (Lipinski definition) is 1. The molecule has 0 aliphatic rings. The normalized spacial score (nSPS) is 11.0. The summed E-state index contributed by atoms with van der Waals surface area (Å²) >= 11 is 1.67. The molecule has 0 unspecified atom stereocenters. The van der Waals surface area contributed by atoms with Gasteiger partial charge in [-0.2, -0.15) is 0 Å². The predicted molar refractivity (Wildman–Crippen MR) is 86.5 cm³/mol. The Bertz CT molecular complexity index is 931. The third-order valence-corrected chi connectivity index (χ3v) is 4.41. The maximum absolute atomic E-state index is 5.08. The lowest BCUT2D eigenvalue weighted by atomic mass is 10.2. The van der Waals surface area contributed by atoms with Crippen molar-refractivity contribution in [2.24, 2.45) is 0 Å². The van der Waals surface area contributed by atoms with Crippen LogP contribution < -0.4 is 9.25 Å². The second-order valence-electron chi connectivity index (χ2n) is 5.02. The third-order valence-electron chi connectivity index (χ3n) is 3.52. The van der Waals surface area contributed by atoms with Gasteiger partial charge in [-0.3, -0.25) is 0 Å². The van der Waals surface area contributed by atoms with Crippen LogP contribution in [0.3, 0.4) is 0 Å². The lowest BCUT2D eigenvalue weighted by molar-refractivity contribution is -0.588. The minimum Gasteiger partial charge on any atom is -0.481 e. The van der Waals surface area contributed by atoms with Gasteiger partial charge in [-0.1, -0.05) is 12.1 Å². The lowest BCUT2D eigenvalue weighted by Gasteiger charge is -2.00. The fourth-order valence-corrected chi connectivity index (χ4v) is 3.06. The molecule has 114 valence electrons. The molecule has 4 aromatic heterocycles. The van der Waals surface area contributed by atoms with Crippen LogP contribution in [0.25, 0.3) is 16.2 Å². The van der Waals surface area contributed by atoms with Gasteiger partial charge in [0.25, 0.3) is 5.82 Å². The minimum absolute atomic E-state index is 0.606. The van der Waals surface area contributed by atoms with Gasteiger partial charge < -0.3 is 4.74 Å². The van der Waals surface area contributed by atoms with Gasteiger partial charge in [-0.15, -0.1) is 26.0 Å². The van der Waals surface area contributed by atoms with Crippen LogP contribution in [0.1, 0.15) is 11.4 Å². The van der Waals surface area contributed by atoms with E-state index in [2.05, 4.69) is 21.2 Å². The van der Waals surface area contributed by atoms with E-state index in [1.807, 2.05) is 40.2 Å². The molecule has 0 radical (unpaired) electrons. The average Bonchev–Trinajstić information content (AvgIpc) is 3.25. The molecule has 23 heavy (non-hydrogen) atoms. The molecule has 0 aliphatic heterocycles. The largest absolute Gasteiger partial charge is 0.481 e. The number of hydrogen-bond acceptors (Lipinski definition) is 5. The van der Waals surface area contributed by atoms with Crippen LogP contribution in [0.2, 0.25) is 0 Å². The molecule has 1 N–H and O–H groups in total. The Balaban J connectivity index is 1.70. The van der Waals surface area contributed by atoms with E-state index in [4.69, 9.17) is 9.84 Å². The number of aromatic amines is 1. The summed E-state index contributed by atoms with van der Waals surface area (Å²) in [5.74, 6) is 1.51. The van der Waals surface area contributed by atoms with Crippen LogP contribution in [0.15, 0.2) is 48.0 Å². The van der Waals surface area contributed by atoms with E-state index in [9.17, 15) is 0 Å². The summed E-state index contributed by atoms with van der Waals surface area (Å²) < 4.78 is 6.93. The first-order valence-corrected chi connectivity index (χ1v) is 8.00. The first-order chi connectivity index (χ1) is 11.3. The number of nitrogens with one attached hydrogen (secondary N) is 1.